The molecule has 0 radical (unpaired) electrons. The molecule has 0 aliphatic carbocycles. The number of anilines is 1. The van der Waals surface area contributed by atoms with Crippen molar-refractivity contribution in [2.45, 2.75) is 63.4 Å². The Kier molecular flexibility index (Phi) is 10.1. The Hall–Kier alpha value is -2.75. The molecule has 43 heavy (non-hydrogen) atoms. The van der Waals surface area contributed by atoms with E-state index in [1.807, 2.05) is 24.3 Å². The molecule has 1 aromatic heterocycles. The van der Waals surface area contributed by atoms with Gasteiger partial charge in [-0.05, 0) is 55.5 Å². The van der Waals surface area contributed by atoms with Crippen molar-refractivity contribution in [1.29, 1.82) is 0 Å². The highest BCUT2D eigenvalue weighted by molar-refractivity contribution is 8.09. The second-order valence-corrected chi connectivity index (χ2v) is 13.6. The van der Waals surface area contributed by atoms with Gasteiger partial charge in [-0.15, -0.1) is 0 Å². The lowest BCUT2D eigenvalue weighted by Gasteiger charge is -2.34. The molecule has 1 aliphatic rings. The van der Waals surface area contributed by atoms with Crippen molar-refractivity contribution >= 4 is 52.6 Å². The van der Waals surface area contributed by atoms with Gasteiger partial charge in [-0.2, -0.15) is 4.98 Å². The molecule has 1 unspecified atom stereocenters. The van der Waals surface area contributed by atoms with Crippen LogP contribution in [-0.2, 0) is 30.6 Å². The van der Waals surface area contributed by atoms with E-state index in [2.05, 4.69) is 10.1 Å². The summed E-state index contributed by atoms with van der Waals surface area (Å²) in [6.07, 6.45) is -9.18. The number of carbonyl (C=O) groups excluding carboxylic acids is 1. The molecule has 1 aliphatic heterocycles. The second-order valence-electron chi connectivity index (χ2n) is 10.1. The molecule has 2 heterocycles. The fourth-order valence-corrected chi connectivity index (χ4v) is 6.86. The fourth-order valence-electron chi connectivity index (χ4n) is 4.30. The largest absolute Gasteiger partial charge is 0.462 e. The predicted molar refractivity (Wildman–Crippen MR) is 157 cm³/mol. The summed E-state index contributed by atoms with van der Waals surface area (Å²) in [4.78, 5) is 28.5. The molecule has 0 saturated carbocycles. The van der Waals surface area contributed by atoms with Gasteiger partial charge in [0.05, 0.1) is 17.7 Å². The van der Waals surface area contributed by atoms with Crippen LogP contribution in [0.4, 0.5) is 14.6 Å². The van der Waals surface area contributed by atoms with E-state index in [9.17, 15) is 28.6 Å². The summed E-state index contributed by atoms with van der Waals surface area (Å²) in [6, 6.07) is 11.2. The quantitative estimate of drug-likeness (QED) is 0.175. The molecule has 0 bridgehead atoms. The van der Waals surface area contributed by atoms with Crippen molar-refractivity contribution < 1.29 is 42.3 Å². The average Bonchev–Trinajstić information content (AvgIpc) is 3.19. The number of aliphatic hydroxyl groups excluding tert-OH is 2. The lowest BCUT2D eigenvalue weighted by atomic mass is 9.96. The minimum absolute atomic E-state index is 0.199. The van der Waals surface area contributed by atoms with Gasteiger partial charge in [0.15, 0.2) is 11.8 Å². The third kappa shape index (κ3) is 7.15. The summed E-state index contributed by atoms with van der Waals surface area (Å²) in [5.41, 5.74) is 1.54. The number of rotatable bonds is 11. The van der Waals surface area contributed by atoms with Gasteiger partial charge in [0.25, 0.3) is 6.43 Å². The number of benzene rings is 2. The number of esters is 1. The Morgan fingerprint density at radius 3 is 2.58 bits per heavy atom. The second kappa shape index (κ2) is 13.1. The van der Waals surface area contributed by atoms with E-state index in [4.69, 9.17) is 47.7 Å². The molecule has 5 N–H and O–H groups in total. The van der Waals surface area contributed by atoms with Gasteiger partial charge in [-0.3, -0.25) is 9.36 Å². The summed E-state index contributed by atoms with van der Waals surface area (Å²) in [5.74, 6) is -0.842. The smallest absolute Gasteiger partial charge is 0.351 e. The highest BCUT2D eigenvalue weighted by atomic mass is 35.5. The van der Waals surface area contributed by atoms with Gasteiger partial charge in [-0.25, -0.2) is 18.7 Å². The van der Waals surface area contributed by atoms with Crippen LogP contribution in [0.1, 0.15) is 27.0 Å². The molecule has 0 spiro atoms. The van der Waals surface area contributed by atoms with Gasteiger partial charge >= 0.3 is 18.3 Å². The number of nitrogens with one attached hydrogen (secondary N) is 1. The molecular formula is C26H30ClF2N4O8PS. The van der Waals surface area contributed by atoms with Crippen molar-refractivity contribution in [2.75, 3.05) is 12.3 Å². The topological polar surface area (TPSA) is 167 Å². The third-order valence-corrected chi connectivity index (χ3v) is 9.27. The number of fused-ring (bicyclic) bond motifs is 1. The standard InChI is InChI=1S/C26H30ClF2N4O8PS/c1-13(2)39-23(36)14(3)32-42(43,41-17-9-8-15-6-4-5-7-16(15)10-17)38-12-26(24(28)29)20(35)19(34)22(40-26)33-11-18(27)21(30)31-25(33)37/h4-11,13-14,19-20,22,24,34-35H,12H2,1-3H3,(H,32,43)(H2,30,31,37)/t14-,19+,20-,22+,26+,42?/m0/s1. The number of nitrogens with zero attached hydrogens (tertiary/aromatic N) is 2. The van der Waals surface area contributed by atoms with Gasteiger partial charge in [0, 0.05) is 6.20 Å². The molecular weight excluding hydrogens is 633 g/mol. The van der Waals surface area contributed by atoms with Crippen LogP contribution in [0, 0.1) is 0 Å². The number of nitrogen functional groups attached to an aromatic ring is 1. The highest BCUT2D eigenvalue weighted by Crippen LogP contribution is 2.49. The first-order chi connectivity index (χ1) is 20.2. The number of hydrogen-bond donors (Lipinski definition) is 4. The Bertz CT molecular complexity index is 1600. The van der Waals surface area contributed by atoms with Crippen LogP contribution >= 0.6 is 18.2 Å². The Balaban J connectivity index is 1.66. The number of halogens is 3. The van der Waals surface area contributed by atoms with E-state index in [0.29, 0.717) is 4.57 Å². The summed E-state index contributed by atoms with van der Waals surface area (Å²) in [7, 11) is 0. The number of nitrogens with two attached hydrogens (primary N) is 1. The van der Waals surface area contributed by atoms with E-state index in [1.54, 1.807) is 32.0 Å². The van der Waals surface area contributed by atoms with Gasteiger partial charge in [0.2, 0.25) is 0 Å². The van der Waals surface area contributed by atoms with Crippen LogP contribution in [0.15, 0.2) is 53.5 Å². The highest BCUT2D eigenvalue weighted by Gasteiger charge is 2.61. The molecule has 4 rings (SSSR count). The first-order valence-corrected chi connectivity index (χ1v) is 15.9. The van der Waals surface area contributed by atoms with Crippen molar-refractivity contribution in [2.24, 2.45) is 0 Å². The first-order valence-electron chi connectivity index (χ1n) is 12.9. The molecule has 234 valence electrons. The van der Waals surface area contributed by atoms with Crippen LogP contribution in [-0.4, -0.2) is 68.7 Å². The molecule has 6 atom stereocenters. The third-order valence-electron chi connectivity index (χ3n) is 6.50. The number of ether oxygens (including phenoxy) is 2. The maximum absolute atomic E-state index is 14.7. The average molecular weight is 663 g/mol. The maximum atomic E-state index is 14.7. The van der Waals surface area contributed by atoms with Crippen LogP contribution in [0.25, 0.3) is 10.8 Å². The zero-order chi connectivity index (χ0) is 31.7. The van der Waals surface area contributed by atoms with Crippen LogP contribution in [0.5, 0.6) is 5.75 Å². The molecule has 12 nitrogen and oxygen atoms in total. The number of hydrogen-bond acceptors (Lipinski definition) is 11. The van der Waals surface area contributed by atoms with E-state index >= 15 is 0 Å². The molecule has 2 aromatic carbocycles. The lowest BCUT2D eigenvalue weighted by Crippen LogP contribution is -2.53. The van der Waals surface area contributed by atoms with Crippen molar-refractivity contribution in [1.82, 2.24) is 14.6 Å². The number of carbonyl (C=O) groups is 1. The minimum Gasteiger partial charge on any atom is -0.462 e. The normalized spacial score (nSPS) is 24.3. The molecule has 1 fully saturated rings. The van der Waals surface area contributed by atoms with E-state index in [-0.39, 0.29) is 16.6 Å². The van der Waals surface area contributed by atoms with Crippen LogP contribution in [0.2, 0.25) is 5.02 Å². The van der Waals surface area contributed by atoms with Crippen molar-refractivity contribution in [3.63, 3.8) is 0 Å². The van der Waals surface area contributed by atoms with E-state index < -0.39 is 67.5 Å². The first kappa shape index (κ1) is 33.1. The monoisotopic (exact) mass is 662 g/mol. The van der Waals surface area contributed by atoms with E-state index in [0.717, 1.165) is 17.0 Å². The summed E-state index contributed by atoms with van der Waals surface area (Å²) in [5, 5.41) is 25.7. The van der Waals surface area contributed by atoms with E-state index in [1.165, 1.54) is 6.92 Å². The Morgan fingerprint density at radius 2 is 1.93 bits per heavy atom. The Morgan fingerprint density at radius 1 is 1.26 bits per heavy atom. The molecule has 0 amide bonds. The Labute approximate surface area is 254 Å². The SMILES string of the molecule is CC(C)OC(=O)[C@H](C)NP(=S)(OC[C@@]1(C(F)F)O[C@@H](n2cc(Cl)c(N)nc2=O)[C@H](O)[C@@H]1O)Oc1ccc2ccccc2c1. The van der Waals surface area contributed by atoms with Crippen molar-refractivity contribution in [3.05, 3.63) is 64.2 Å². The predicted octanol–water partition coefficient (Wildman–Crippen LogP) is 3.14. The molecule has 17 heteroatoms. The summed E-state index contributed by atoms with van der Waals surface area (Å²) in [6.45, 7) is -0.332. The van der Waals surface area contributed by atoms with Crippen molar-refractivity contribution in [3.8, 4) is 5.75 Å². The fraction of sp³-hybridized carbons (Fsp3) is 0.423. The van der Waals surface area contributed by atoms with Gasteiger partial charge < -0.3 is 34.5 Å². The van der Waals surface area contributed by atoms with Gasteiger partial charge in [0.1, 0.15) is 29.8 Å². The minimum atomic E-state index is -3.91. The van der Waals surface area contributed by atoms with Crippen LogP contribution in [0.3, 0.4) is 0 Å². The number of aliphatic hydroxyl groups is 2. The zero-order valence-corrected chi connectivity index (χ0v) is 25.6. The van der Waals surface area contributed by atoms with Crippen LogP contribution < -0.4 is 21.0 Å². The maximum Gasteiger partial charge on any atom is 0.351 e. The molecule has 3 aromatic rings. The zero-order valence-electron chi connectivity index (χ0n) is 23.1. The number of aromatic nitrogens is 2. The summed E-state index contributed by atoms with van der Waals surface area (Å²) >= 11 is 11.6. The lowest BCUT2D eigenvalue weighted by molar-refractivity contribution is -0.192. The molecule has 1 saturated heterocycles. The summed E-state index contributed by atoms with van der Waals surface area (Å²) < 4.78 is 52.4. The number of alkyl halides is 2. The van der Waals surface area contributed by atoms with Gasteiger partial charge in [-0.1, -0.05) is 41.9 Å².